The summed E-state index contributed by atoms with van der Waals surface area (Å²) in [7, 11) is 0. The van der Waals surface area contributed by atoms with Crippen molar-refractivity contribution in [1.82, 2.24) is 0 Å². The highest BCUT2D eigenvalue weighted by Crippen LogP contribution is 2.62. The van der Waals surface area contributed by atoms with E-state index in [1.54, 1.807) is 0 Å². The fraction of sp³-hybridized carbons (Fsp3) is 0.806. The first-order valence-electron chi connectivity index (χ1n) is 14.6. The number of rotatable bonds is 5. The fourth-order valence-electron chi connectivity index (χ4n) is 10.3. The van der Waals surface area contributed by atoms with E-state index < -0.39 is 17.6 Å². The van der Waals surface area contributed by atoms with Crippen molar-refractivity contribution >= 4 is 11.9 Å². The lowest BCUT2D eigenvalue weighted by Gasteiger charge is -2.59. The SMILES string of the molecule is C=C1CC[C@@H]2[C@](C)(CO)[C@H](O)CC[C@@]2(C)[C@@H]1C/C=C1/C(=O)OC[C@H]1OC(=O)C12CC3CC(CC(C3)C1)C2. The van der Waals surface area contributed by atoms with Gasteiger partial charge in [-0.15, -0.1) is 0 Å². The molecule has 0 spiro atoms. The van der Waals surface area contributed by atoms with E-state index >= 15 is 0 Å². The van der Waals surface area contributed by atoms with Gasteiger partial charge in [-0.2, -0.15) is 0 Å². The monoisotopic (exact) mass is 512 g/mol. The van der Waals surface area contributed by atoms with Crippen LogP contribution in [0.15, 0.2) is 23.8 Å². The maximum atomic E-state index is 13.6. The van der Waals surface area contributed by atoms with Crippen LogP contribution in [0.5, 0.6) is 0 Å². The second-order valence-electron chi connectivity index (χ2n) is 14.1. The zero-order chi connectivity index (χ0) is 26.2. The molecular weight excluding hydrogens is 468 g/mol. The molecule has 1 heterocycles. The van der Waals surface area contributed by atoms with E-state index in [0.717, 1.165) is 38.5 Å². The zero-order valence-corrected chi connectivity index (χ0v) is 22.5. The third-order valence-electron chi connectivity index (χ3n) is 11.9. The Morgan fingerprint density at radius 3 is 2.41 bits per heavy atom. The molecule has 1 saturated heterocycles. The van der Waals surface area contributed by atoms with E-state index in [0.29, 0.717) is 36.2 Å². The highest BCUT2D eigenvalue weighted by Gasteiger charge is 2.58. The van der Waals surface area contributed by atoms with Crippen LogP contribution < -0.4 is 0 Å². The summed E-state index contributed by atoms with van der Waals surface area (Å²) in [5.41, 5.74) is 0.609. The topological polar surface area (TPSA) is 93.1 Å². The molecule has 6 nitrogen and oxygen atoms in total. The average molecular weight is 513 g/mol. The molecule has 204 valence electrons. The highest BCUT2D eigenvalue weighted by atomic mass is 16.6. The van der Waals surface area contributed by atoms with Crippen molar-refractivity contribution < 1.29 is 29.3 Å². The number of hydrogen-bond acceptors (Lipinski definition) is 6. The van der Waals surface area contributed by atoms with Crippen molar-refractivity contribution in [2.45, 2.75) is 96.7 Å². The Balaban J connectivity index is 1.20. The molecule has 6 aliphatic carbocycles. The first kappa shape index (κ1) is 25.6. The van der Waals surface area contributed by atoms with Gasteiger partial charge in [0.05, 0.1) is 23.7 Å². The molecule has 0 unspecified atom stereocenters. The standard InChI is InChI=1S/C31H44O6/c1-18-4-7-25-29(2,9-8-26(33)30(25,3)17-32)23(18)6-5-22-24(16-36-27(22)34)37-28(35)31-13-19-10-20(14-31)12-21(11-19)15-31/h5,19-21,23-26,32-33H,1,4,6-17H2,2-3H3/b22-5+/t19?,20?,21?,23-,24-,25+,26-,29+,30+,31?/m1/s1. The van der Waals surface area contributed by atoms with E-state index in [-0.39, 0.29) is 47.8 Å². The third-order valence-corrected chi connectivity index (χ3v) is 11.9. The molecule has 0 aromatic heterocycles. The Morgan fingerprint density at radius 2 is 1.78 bits per heavy atom. The average Bonchev–Trinajstić information content (AvgIpc) is 3.19. The number of aliphatic hydroxyl groups is 2. The van der Waals surface area contributed by atoms with E-state index in [9.17, 15) is 19.8 Å². The molecule has 0 aromatic rings. The van der Waals surface area contributed by atoms with Crippen LogP contribution in [-0.2, 0) is 19.1 Å². The minimum absolute atomic E-state index is 0.0383. The van der Waals surface area contributed by atoms with E-state index in [1.165, 1.54) is 24.8 Å². The first-order valence-corrected chi connectivity index (χ1v) is 14.6. The molecule has 6 atom stereocenters. The van der Waals surface area contributed by atoms with Crippen LogP contribution >= 0.6 is 0 Å². The minimum atomic E-state index is -0.635. The second kappa shape index (κ2) is 8.94. The first-order chi connectivity index (χ1) is 17.6. The minimum Gasteiger partial charge on any atom is -0.458 e. The molecule has 6 saturated carbocycles. The summed E-state index contributed by atoms with van der Waals surface area (Å²) in [4.78, 5) is 26.3. The molecule has 1 aliphatic heterocycles. The van der Waals surface area contributed by atoms with Gasteiger partial charge >= 0.3 is 11.9 Å². The number of hydrogen-bond donors (Lipinski definition) is 2. The van der Waals surface area contributed by atoms with Crippen molar-refractivity contribution in [1.29, 1.82) is 0 Å². The van der Waals surface area contributed by atoms with Gasteiger partial charge in [0, 0.05) is 5.41 Å². The Labute approximate surface area is 220 Å². The van der Waals surface area contributed by atoms with E-state index in [2.05, 4.69) is 13.5 Å². The molecular formula is C31H44O6. The van der Waals surface area contributed by atoms with Crippen molar-refractivity contribution in [3.63, 3.8) is 0 Å². The van der Waals surface area contributed by atoms with Crippen molar-refractivity contribution in [2.75, 3.05) is 13.2 Å². The normalized spacial score (nSPS) is 49.7. The number of cyclic esters (lactones) is 1. The molecule has 37 heavy (non-hydrogen) atoms. The largest absolute Gasteiger partial charge is 0.458 e. The lowest BCUT2D eigenvalue weighted by atomic mass is 9.46. The van der Waals surface area contributed by atoms with Gasteiger partial charge in [0.15, 0.2) is 6.10 Å². The van der Waals surface area contributed by atoms with Gasteiger partial charge < -0.3 is 19.7 Å². The summed E-state index contributed by atoms with van der Waals surface area (Å²) in [5, 5.41) is 21.0. The van der Waals surface area contributed by atoms with Gasteiger partial charge in [-0.05, 0) is 106 Å². The number of fused-ring (bicyclic) bond motifs is 1. The molecule has 0 amide bonds. The van der Waals surface area contributed by atoms with Crippen molar-refractivity contribution in [3.05, 3.63) is 23.8 Å². The maximum absolute atomic E-state index is 13.6. The van der Waals surface area contributed by atoms with Crippen LogP contribution in [0.3, 0.4) is 0 Å². The Morgan fingerprint density at radius 1 is 1.14 bits per heavy atom. The van der Waals surface area contributed by atoms with Crippen LogP contribution in [0.25, 0.3) is 0 Å². The van der Waals surface area contributed by atoms with Crippen LogP contribution in [0.2, 0.25) is 0 Å². The number of aliphatic hydroxyl groups excluding tert-OH is 2. The highest BCUT2D eigenvalue weighted by molar-refractivity contribution is 5.92. The Hall–Kier alpha value is -1.66. The third kappa shape index (κ3) is 3.95. The van der Waals surface area contributed by atoms with Gasteiger partial charge in [-0.1, -0.05) is 32.1 Å². The quantitative estimate of drug-likeness (QED) is 0.314. The summed E-state index contributed by atoms with van der Waals surface area (Å²) < 4.78 is 11.5. The summed E-state index contributed by atoms with van der Waals surface area (Å²) in [6.07, 6.45) is 11.3. The summed E-state index contributed by atoms with van der Waals surface area (Å²) >= 11 is 0. The van der Waals surface area contributed by atoms with Crippen molar-refractivity contribution in [3.8, 4) is 0 Å². The number of allylic oxidation sites excluding steroid dienone is 2. The predicted molar refractivity (Wildman–Crippen MR) is 138 cm³/mol. The van der Waals surface area contributed by atoms with Crippen LogP contribution in [0.1, 0.15) is 84.5 Å². The summed E-state index contributed by atoms with van der Waals surface area (Å²) in [6.45, 7) is 8.75. The Bertz CT molecular complexity index is 978. The molecule has 0 radical (unpaired) electrons. The smallest absolute Gasteiger partial charge is 0.337 e. The fourth-order valence-corrected chi connectivity index (χ4v) is 10.3. The lowest BCUT2D eigenvalue weighted by molar-refractivity contribution is -0.175. The van der Waals surface area contributed by atoms with Crippen LogP contribution in [0, 0.1) is 45.8 Å². The summed E-state index contributed by atoms with van der Waals surface area (Å²) in [5.74, 6) is 1.76. The molecule has 7 rings (SSSR count). The van der Waals surface area contributed by atoms with E-state index in [1.807, 2.05) is 13.0 Å². The number of carbonyl (C=O) groups is 2. The molecule has 7 fully saturated rings. The molecule has 6 heteroatoms. The Kier molecular flexibility index (Phi) is 6.19. The molecule has 0 aromatic carbocycles. The van der Waals surface area contributed by atoms with Crippen LogP contribution in [-0.4, -0.2) is 47.6 Å². The van der Waals surface area contributed by atoms with Crippen molar-refractivity contribution in [2.24, 2.45) is 45.8 Å². The van der Waals surface area contributed by atoms with Gasteiger partial charge in [0.2, 0.25) is 0 Å². The van der Waals surface area contributed by atoms with Crippen LogP contribution in [0.4, 0.5) is 0 Å². The number of esters is 2. The van der Waals surface area contributed by atoms with Gasteiger partial charge in [-0.3, -0.25) is 4.79 Å². The zero-order valence-electron chi connectivity index (χ0n) is 22.5. The predicted octanol–water partition coefficient (Wildman–Crippen LogP) is 4.73. The molecule has 7 aliphatic rings. The van der Waals surface area contributed by atoms with Gasteiger partial charge in [0.25, 0.3) is 0 Å². The molecule has 4 bridgehead atoms. The number of ether oxygens (including phenoxy) is 2. The lowest BCUT2D eigenvalue weighted by Crippen LogP contribution is -2.57. The maximum Gasteiger partial charge on any atom is 0.337 e. The number of carbonyl (C=O) groups excluding carboxylic acids is 2. The second-order valence-corrected chi connectivity index (χ2v) is 14.1. The van der Waals surface area contributed by atoms with Gasteiger partial charge in [-0.25, -0.2) is 4.79 Å². The summed E-state index contributed by atoms with van der Waals surface area (Å²) in [6, 6.07) is 0. The van der Waals surface area contributed by atoms with E-state index in [4.69, 9.17) is 9.47 Å². The van der Waals surface area contributed by atoms with Gasteiger partial charge in [0.1, 0.15) is 6.61 Å². The molecule has 2 N–H and O–H groups in total.